The van der Waals surface area contributed by atoms with E-state index in [9.17, 15) is 18.4 Å². The number of aliphatic carboxylic acids is 1. The highest BCUT2D eigenvalue weighted by Crippen LogP contribution is 2.30. The minimum absolute atomic E-state index is 0.0596. The number of ketones is 1. The van der Waals surface area contributed by atoms with E-state index in [1.807, 2.05) is 0 Å². The number of carboxylic acids is 1. The number of benzene rings is 3. The molecule has 0 bridgehead atoms. The molecule has 0 saturated carbocycles. The van der Waals surface area contributed by atoms with Crippen molar-refractivity contribution in [1.29, 1.82) is 0 Å². The van der Waals surface area contributed by atoms with Crippen LogP contribution in [0.1, 0.15) is 27.9 Å². The lowest BCUT2D eigenvalue weighted by atomic mass is 9.98. The van der Waals surface area contributed by atoms with Crippen molar-refractivity contribution < 1.29 is 28.2 Å². The van der Waals surface area contributed by atoms with Gasteiger partial charge in [-0.15, -0.1) is 0 Å². The van der Waals surface area contributed by atoms with Crippen LogP contribution in [0.15, 0.2) is 54.6 Å². The van der Waals surface area contributed by atoms with E-state index in [-0.39, 0.29) is 34.7 Å². The number of anilines is 2. The highest BCUT2D eigenvalue weighted by Gasteiger charge is 2.19. The second kappa shape index (κ2) is 9.57. The van der Waals surface area contributed by atoms with Crippen LogP contribution in [-0.2, 0) is 11.2 Å². The van der Waals surface area contributed by atoms with Crippen LogP contribution in [0.2, 0.25) is 5.02 Å². The molecule has 0 aliphatic carbocycles. The Kier molecular flexibility index (Phi) is 6.87. The fourth-order valence-electron chi connectivity index (χ4n) is 3.01. The molecule has 3 rings (SSSR count). The van der Waals surface area contributed by atoms with Crippen LogP contribution in [0.3, 0.4) is 0 Å². The van der Waals surface area contributed by atoms with Crippen LogP contribution in [-0.4, -0.2) is 24.0 Å². The van der Waals surface area contributed by atoms with E-state index in [0.29, 0.717) is 17.0 Å². The Morgan fingerprint density at radius 3 is 2.45 bits per heavy atom. The third kappa shape index (κ3) is 5.38. The summed E-state index contributed by atoms with van der Waals surface area (Å²) in [6.45, 7) is 0. The Bertz CT molecular complexity index is 1150. The van der Waals surface area contributed by atoms with Gasteiger partial charge in [0.15, 0.2) is 5.78 Å². The number of hydrogen-bond acceptors (Lipinski definition) is 4. The maximum Gasteiger partial charge on any atom is 0.303 e. The fourth-order valence-corrected chi connectivity index (χ4v) is 3.27. The monoisotopic (exact) mass is 445 g/mol. The average Bonchev–Trinajstić information content (AvgIpc) is 2.73. The van der Waals surface area contributed by atoms with Gasteiger partial charge in [0, 0.05) is 23.7 Å². The van der Waals surface area contributed by atoms with Crippen molar-refractivity contribution in [3.63, 3.8) is 0 Å². The van der Waals surface area contributed by atoms with E-state index >= 15 is 0 Å². The lowest BCUT2D eigenvalue weighted by molar-refractivity contribution is -0.136. The molecule has 0 atom stereocenters. The summed E-state index contributed by atoms with van der Waals surface area (Å²) in [5, 5.41) is 11.8. The van der Waals surface area contributed by atoms with Crippen molar-refractivity contribution >= 4 is 34.7 Å². The van der Waals surface area contributed by atoms with Gasteiger partial charge in [-0.25, -0.2) is 8.78 Å². The summed E-state index contributed by atoms with van der Waals surface area (Å²) in [7, 11) is 1.43. The van der Waals surface area contributed by atoms with E-state index < -0.39 is 23.4 Å². The molecule has 0 fully saturated rings. The Balaban J connectivity index is 1.88. The molecule has 2 N–H and O–H groups in total. The lowest BCUT2D eigenvalue weighted by Crippen LogP contribution is -2.07. The van der Waals surface area contributed by atoms with Gasteiger partial charge in [-0.1, -0.05) is 17.7 Å². The summed E-state index contributed by atoms with van der Waals surface area (Å²) in [4.78, 5) is 23.9. The maximum atomic E-state index is 13.9. The first-order valence-electron chi connectivity index (χ1n) is 9.23. The summed E-state index contributed by atoms with van der Waals surface area (Å²) in [5.74, 6) is -2.47. The van der Waals surface area contributed by atoms with Crippen LogP contribution in [0, 0.1) is 11.6 Å². The number of ether oxygens (including phenoxy) is 1. The number of aryl methyl sites for hydroxylation is 1. The van der Waals surface area contributed by atoms with Crippen molar-refractivity contribution in [1.82, 2.24) is 0 Å². The third-order valence-corrected chi connectivity index (χ3v) is 4.87. The van der Waals surface area contributed by atoms with E-state index in [4.69, 9.17) is 21.4 Å². The molecule has 0 amide bonds. The summed E-state index contributed by atoms with van der Waals surface area (Å²) in [6.07, 6.45) is 0.195. The van der Waals surface area contributed by atoms with Crippen LogP contribution >= 0.6 is 11.6 Å². The van der Waals surface area contributed by atoms with Gasteiger partial charge in [0.25, 0.3) is 0 Å². The van der Waals surface area contributed by atoms with E-state index in [1.165, 1.54) is 25.3 Å². The molecule has 3 aromatic rings. The molecule has 3 aromatic carbocycles. The minimum Gasteiger partial charge on any atom is -0.496 e. The number of rotatable bonds is 8. The van der Waals surface area contributed by atoms with E-state index in [1.54, 1.807) is 24.3 Å². The topological polar surface area (TPSA) is 75.6 Å². The number of carbonyl (C=O) groups is 2. The quantitative estimate of drug-likeness (QED) is 0.440. The summed E-state index contributed by atoms with van der Waals surface area (Å²) in [6, 6.07) is 12.5. The molecule has 0 radical (unpaired) electrons. The van der Waals surface area contributed by atoms with Gasteiger partial charge >= 0.3 is 5.97 Å². The third-order valence-electron chi connectivity index (χ3n) is 4.56. The zero-order valence-corrected chi connectivity index (χ0v) is 17.2. The van der Waals surface area contributed by atoms with Gasteiger partial charge in [0.1, 0.15) is 17.4 Å². The predicted octanol–water partition coefficient (Wildman–Crippen LogP) is 5.62. The maximum absolute atomic E-state index is 13.9. The Hall–Kier alpha value is -3.45. The van der Waals surface area contributed by atoms with Crippen molar-refractivity contribution in [3.8, 4) is 5.75 Å². The number of carbonyl (C=O) groups excluding carboxylic acids is 1. The standard InChI is InChI=1S/C23H18ClF2NO4/c1-31-21-8-2-13(3-9-22(28)29)10-17(21)23(30)16-6-5-15(12-18(16)24)27-20-7-4-14(25)11-19(20)26/h2,4-8,10-12,27H,3,9H2,1H3,(H,28,29). The number of nitrogens with one attached hydrogen (secondary N) is 1. The normalized spacial score (nSPS) is 10.6. The van der Waals surface area contributed by atoms with Crippen molar-refractivity contribution in [3.05, 3.63) is 87.9 Å². The molecule has 8 heteroatoms. The van der Waals surface area contributed by atoms with Gasteiger partial charge in [0.05, 0.1) is 23.4 Å². The second-order valence-electron chi connectivity index (χ2n) is 6.70. The fraction of sp³-hybridized carbons (Fsp3) is 0.130. The lowest BCUT2D eigenvalue weighted by Gasteiger charge is -2.13. The summed E-state index contributed by atoms with van der Waals surface area (Å²) < 4.78 is 32.2. The summed E-state index contributed by atoms with van der Waals surface area (Å²) in [5.41, 5.74) is 1.59. The Morgan fingerprint density at radius 2 is 1.81 bits per heavy atom. The van der Waals surface area contributed by atoms with Crippen LogP contribution in [0.25, 0.3) is 0 Å². The van der Waals surface area contributed by atoms with Crippen molar-refractivity contribution in [2.45, 2.75) is 12.8 Å². The molecule has 0 heterocycles. The Labute approximate surface area is 182 Å². The molecular formula is C23H18ClF2NO4. The van der Waals surface area contributed by atoms with Crippen molar-refractivity contribution in [2.75, 3.05) is 12.4 Å². The second-order valence-corrected chi connectivity index (χ2v) is 7.11. The molecule has 5 nitrogen and oxygen atoms in total. The molecule has 0 aliphatic rings. The Morgan fingerprint density at radius 1 is 1.03 bits per heavy atom. The molecule has 0 spiro atoms. The number of hydrogen-bond donors (Lipinski definition) is 2. The van der Waals surface area contributed by atoms with Crippen LogP contribution in [0.5, 0.6) is 5.75 Å². The number of carboxylic acid groups (broad SMARTS) is 1. The largest absolute Gasteiger partial charge is 0.496 e. The minimum atomic E-state index is -0.938. The first-order valence-corrected chi connectivity index (χ1v) is 9.61. The molecule has 160 valence electrons. The SMILES string of the molecule is COc1ccc(CCC(=O)O)cc1C(=O)c1ccc(Nc2ccc(F)cc2F)cc1Cl. The zero-order valence-electron chi connectivity index (χ0n) is 16.4. The van der Waals surface area contributed by atoms with Crippen molar-refractivity contribution in [2.24, 2.45) is 0 Å². The van der Waals surface area contributed by atoms with Crippen LogP contribution in [0.4, 0.5) is 20.2 Å². The molecule has 0 saturated heterocycles. The van der Waals surface area contributed by atoms with Gasteiger partial charge in [-0.2, -0.15) is 0 Å². The van der Waals surface area contributed by atoms with Gasteiger partial charge in [-0.3, -0.25) is 9.59 Å². The zero-order chi connectivity index (χ0) is 22.5. The number of halogens is 3. The molecule has 0 aliphatic heterocycles. The molecule has 0 unspecified atom stereocenters. The smallest absolute Gasteiger partial charge is 0.303 e. The van der Waals surface area contributed by atoms with Gasteiger partial charge in [-0.05, 0) is 54.4 Å². The van der Waals surface area contributed by atoms with Crippen LogP contribution < -0.4 is 10.1 Å². The van der Waals surface area contributed by atoms with E-state index in [2.05, 4.69) is 5.32 Å². The first kappa shape index (κ1) is 22.2. The van der Waals surface area contributed by atoms with E-state index in [0.717, 1.165) is 12.1 Å². The predicted molar refractivity (Wildman–Crippen MR) is 113 cm³/mol. The highest BCUT2D eigenvalue weighted by atomic mass is 35.5. The number of methoxy groups -OCH3 is 1. The molecule has 0 aromatic heterocycles. The molecular weight excluding hydrogens is 428 g/mol. The first-order chi connectivity index (χ1) is 14.8. The highest BCUT2D eigenvalue weighted by molar-refractivity contribution is 6.35. The van der Waals surface area contributed by atoms with Gasteiger partial charge in [0.2, 0.25) is 0 Å². The van der Waals surface area contributed by atoms with Gasteiger partial charge < -0.3 is 15.2 Å². The molecule has 31 heavy (non-hydrogen) atoms. The average molecular weight is 446 g/mol. The summed E-state index contributed by atoms with van der Waals surface area (Å²) >= 11 is 6.31.